The number of rotatable bonds is 7. The van der Waals surface area contributed by atoms with Crippen molar-refractivity contribution in [3.05, 3.63) is 253 Å². The second-order valence-corrected chi connectivity index (χ2v) is 21.9. The molecule has 2 aliphatic heterocycles. The van der Waals surface area contributed by atoms with Crippen molar-refractivity contribution in [2.45, 2.75) is 26.2 Å². The number of benzene rings is 11. The highest BCUT2D eigenvalue weighted by Crippen LogP contribution is 2.47. The van der Waals surface area contributed by atoms with Crippen molar-refractivity contribution in [3.63, 3.8) is 0 Å². The van der Waals surface area contributed by atoms with Gasteiger partial charge in [0.15, 0.2) is 0 Å². The van der Waals surface area contributed by atoms with Crippen molar-refractivity contribution in [1.29, 1.82) is 10.5 Å². The van der Waals surface area contributed by atoms with E-state index in [0.717, 1.165) is 111 Å². The molecule has 0 atom stereocenters. The highest BCUT2D eigenvalue weighted by Gasteiger charge is 2.41. The Morgan fingerprint density at radius 3 is 1.62 bits per heavy atom. The van der Waals surface area contributed by atoms with Crippen molar-refractivity contribution in [2.24, 2.45) is 0 Å². The summed E-state index contributed by atoms with van der Waals surface area (Å²) in [6, 6.07) is 87.4. The van der Waals surface area contributed by atoms with Gasteiger partial charge in [-0.15, -0.1) is 0 Å². The van der Waals surface area contributed by atoms with Gasteiger partial charge in [0, 0.05) is 61.3 Å². The molecule has 0 radical (unpaired) electrons. The lowest BCUT2D eigenvalue weighted by atomic mass is 9.34. The Hall–Kier alpha value is -10.5. The average molecular weight is 1030 g/mol. The first-order valence-electron chi connectivity index (χ1n) is 27.0. The average Bonchev–Trinajstić information content (AvgIpc) is 4.16. The Balaban J connectivity index is 0.944. The van der Waals surface area contributed by atoms with Gasteiger partial charge in [0.1, 0.15) is 23.0 Å². The molecule has 2 aliphatic rings. The van der Waals surface area contributed by atoms with Gasteiger partial charge >= 0.3 is 0 Å². The predicted molar refractivity (Wildman–Crippen MR) is 326 cm³/mol. The molecule has 0 amide bonds. The molecular weight excluding hydrogens is 978 g/mol. The van der Waals surface area contributed by atoms with Gasteiger partial charge in [-0.2, -0.15) is 10.5 Å². The van der Waals surface area contributed by atoms with Crippen molar-refractivity contribution >= 4 is 83.8 Å². The minimum absolute atomic E-state index is 0.0746. The van der Waals surface area contributed by atoms with E-state index in [9.17, 15) is 10.5 Å². The zero-order valence-corrected chi connectivity index (χ0v) is 44.1. The van der Waals surface area contributed by atoms with Gasteiger partial charge in [-0.3, -0.25) is 0 Å². The van der Waals surface area contributed by atoms with E-state index in [-0.39, 0.29) is 12.1 Å². The van der Waals surface area contributed by atoms with Crippen LogP contribution in [0.25, 0.3) is 77.2 Å². The van der Waals surface area contributed by atoms with E-state index < -0.39 is 0 Å². The van der Waals surface area contributed by atoms with Gasteiger partial charge in [-0.1, -0.05) is 136 Å². The van der Waals surface area contributed by atoms with E-state index in [1.165, 1.54) is 16.3 Å². The fraction of sp³-hybridized carbons (Fsp3) is 0.0556. The van der Waals surface area contributed by atoms with Gasteiger partial charge in [0.2, 0.25) is 0 Å². The van der Waals surface area contributed by atoms with Gasteiger partial charge in [-0.25, -0.2) is 0 Å². The Kier molecular flexibility index (Phi) is 10.5. The van der Waals surface area contributed by atoms with Gasteiger partial charge in [0.05, 0.1) is 56.7 Å². The van der Waals surface area contributed by atoms with Crippen LogP contribution in [0, 0.1) is 22.7 Å². The predicted octanol–water partition coefficient (Wildman–Crippen LogP) is 16.5. The molecule has 0 unspecified atom stereocenters. The van der Waals surface area contributed by atoms with Gasteiger partial charge in [-0.05, 0) is 148 Å². The SMILES string of the molecule is CC(C)(C)c1ccc2c(c1)c1cc(C#N)ccc1n2-c1ccc2c(c1)Oc1cc(-c3cc(C#N)ccc3N(c3ccccc3)c3ccccc3)cc3c1B2c1ccc(-c2ccccc2-n2c4ccccc4c4ccccc42)cc1O3. The number of aromatic nitrogens is 2. The smallest absolute Gasteiger partial charge is 0.260 e. The summed E-state index contributed by atoms with van der Waals surface area (Å²) in [5, 5.41) is 25.1. The topological polar surface area (TPSA) is 79.1 Å². The molecule has 15 rings (SSSR count). The molecule has 7 nitrogen and oxygen atoms in total. The summed E-state index contributed by atoms with van der Waals surface area (Å²) in [6.45, 7) is 6.44. The second kappa shape index (κ2) is 18.0. The van der Waals surface area contributed by atoms with Crippen LogP contribution < -0.4 is 30.8 Å². The summed E-state index contributed by atoms with van der Waals surface area (Å²) in [5.74, 6) is 2.84. The van der Waals surface area contributed by atoms with E-state index in [1.54, 1.807) is 0 Å². The quantitative estimate of drug-likeness (QED) is 0.149. The largest absolute Gasteiger partial charge is 0.458 e. The molecule has 0 aliphatic carbocycles. The first-order chi connectivity index (χ1) is 39.2. The molecule has 0 bridgehead atoms. The normalized spacial score (nSPS) is 12.3. The Morgan fingerprint density at radius 1 is 0.425 bits per heavy atom. The minimum atomic E-state index is -0.252. The summed E-state index contributed by atoms with van der Waals surface area (Å²) in [7, 11) is 0. The Bertz CT molecular complexity index is 4710. The fourth-order valence-corrected chi connectivity index (χ4v) is 12.5. The molecule has 13 aromatic rings. The van der Waals surface area contributed by atoms with Crippen LogP contribution in [-0.4, -0.2) is 15.8 Å². The molecular formula is C72H48BN5O2. The number of nitriles is 2. The lowest BCUT2D eigenvalue weighted by molar-refractivity contribution is 0.465. The van der Waals surface area contributed by atoms with Crippen LogP contribution in [0.1, 0.15) is 37.5 Å². The van der Waals surface area contributed by atoms with E-state index >= 15 is 0 Å². The summed E-state index contributed by atoms with van der Waals surface area (Å²) >= 11 is 0. The molecule has 376 valence electrons. The fourth-order valence-electron chi connectivity index (χ4n) is 12.5. The monoisotopic (exact) mass is 1030 g/mol. The maximum Gasteiger partial charge on any atom is 0.260 e. The van der Waals surface area contributed by atoms with E-state index in [1.807, 2.05) is 66.7 Å². The number of fused-ring (bicyclic) bond motifs is 10. The highest BCUT2D eigenvalue weighted by molar-refractivity contribution is 6.98. The van der Waals surface area contributed by atoms with E-state index in [4.69, 9.17) is 9.47 Å². The lowest BCUT2D eigenvalue weighted by Crippen LogP contribution is -2.57. The van der Waals surface area contributed by atoms with Crippen molar-refractivity contribution < 1.29 is 9.47 Å². The second-order valence-electron chi connectivity index (χ2n) is 21.9. The number of ether oxygens (including phenoxy) is 2. The molecule has 0 spiro atoms. The summed E-state index contributed by atoms with van der Waals surface area (Å²) < 4.78 is 19.3. The Morgan fingerprint density at radius 2 is 0.963 bits per heavy atom. The standard InChI is InChI=1S/C72H48BN5O2/c1-72(2,3)49-29-35-66-58(41-49)57-37-46(44-75)27-34-65(57)77(66)52-30-32-60-68(42-52)80-70-40-48(56-36-45(43-74)26-33-64(56)76(50-16-6-4-7-17-50)51-18-8-5-9-19-51)39-69-71(70)73(60)59-31-28-47(38-67(59)79-69)53-20-10-13-23-61(53)78-62-24-14-11-21-54(62)55-22-12-15-25-63(55)78/h4-42H,1-3H3. The molecule has 11 aromatic carbocycles. The molecule has 0 saturated heterocycles. The molecule has 0 saturated carbocycles. The maximum atomic E-state index is 10.5. The number of anilines is 3. The van der Waals surface area contributed by atoms with Crippen LogP contribution in [0.2, 0.25) is 0 Å². The lowest BCUT2D eigenvalue weighted by Gasteiger charge is -2.34. The third-order valence-corrected chi connectivity index (χ3v) is 16.2. The van der Waals surface area contributed by atoms with E-state index in [0.29, 0.717) is 22.6 Å². The summed E-state index contributed by atoms with van der Waals surface area (Å²) in [6.07, 6.45) is 0. The van der Waals surface area contributed by atoms with Crippen LogP contribution in [0.5, 0.6) is 23.0 Å². The molecule has 2 aromatic heterocycles. The summed E-state index contributed by atoms with van der Waals surface area (Å²) in [5.41, 5.74) is 18.2. The third kappa shape index (κ3) is 7.34. The minimum Gasteiger partial charge on any atom is -0.458 e. The molecule has 4 heterocycles. The maximum absolute atomic E-state index is 10.5. The number of hydrogen-bond donors (Lipinski definition) is 0. The highest BCUT2D eigenvalue weighted by atomic mass is 16.5. The molecule has 0 N–H and O–H groups in total. The first-order valence-corrected chi connectivity index (χ1v) is 27.0. The van der Waals surface area contributed by atoms with Crippen LogP contribution in [0.15, 0.2) is 237 Å². The number of para-hydroxylation sites is 5. The van der Waals surface area contributed by atoms with Crippen molar-refractivity contribution in [2.75, 3.05) is 4.90 Å². The third-order valence-electron chi connectivity index (χ3n) is 16.2. The van der Waals surface area contributed by atoms with Crippen molar-refractivity contribution in [3.8, 4) is 68.8 Å². The van der Waals surface area contributed by atoms with Crippen LogP contribution in [-0.2, 0) is 5.41 Å². The van der Waals surface area contributed by atoms with Crippen molar-refractivity contribution in [1.82, 2.24) is 9.13 Å². The van der Waals surface area contributed by atoms with Crippen LogP contribution in [0.3, 0.4) is 0 Å². The number of nitrogens with zero attached hydrogens (tertiary/aromatic N) is 5. The number of hydrogen-bond acceptors (Lipinski definition) is 5. The van der Waals surface area contributed by atoms with Gasteiger partial charge in [0.25, 0.3) is 6.71 Å². The summed E-state index contributed by atoms with van der Waals surface area (Å²) in [4.78, 5) is 2.24. The van der Waals surface area contributed by atoms with E-state index in [2.05, 4.69) is 217 Å². The first kappa shape index (κ1) is 46.7. The van der Waals surface area contributed by atoms with Crippen LogP contribution >= 0.6 is 0 Å². The zero-order valence-electron chi connectivity index (χ0n) is 44.1. The van der Waals surface area contributed by atoms with Crippen LogP contribution in [0.4, 0.5) is 17.1 Å². The molecule has 0 fully saturated rings. The van der Waals surface area contributed by atoms with Gasteiger partial charge < -0.3 is 23.5 Å². The zero-order chi connectivity index (χ0) is 53.8. The molecule has 8 heteroatoms. The Labute approximate surface area is 463 Å². The molecule has 80 heavy (non-hydrogen) atoms.